The molecular formula is C11H14BrN3. The molecule has 80 valence electrons. The standard InChI is InChI=1S/C11H14BrN3/c1-11(2,6-13)10-14-8-4-3-7(12)5-9(8)15-10/h3-5H,6,13H2,1-2H3,(H,14,15). The average Bonchev–Trinajstić information content (AvgIpc) is 2.61. The molecule has 0 spiro atoms. The first kappa shape index (κ1) is 10.6. The van der Waals surface area contributed by atoms with Gasteiger partial charge in [-0.2, -0.15) is 0 Å². The number of rotatable bonds is 2. The summed E-state index contributed by atoms with van der Waals surface area (Å²) in [4.78, 5) is 7.85. The largest absolute Gasteiger partial charge is 0.341 e. The Balaban J connectivity index is 2.56. The van der Waals surface area contributed by atoms with Crippen molar-refractivity contribution in [2.45, 2.75) is 19.3 Å². The molecule has 3 N–H and O–H groups in total. The van der Waals surface area contributed by atoms with Crippen molar-refractivity contribution in [1.29, 1.82) is 0 Å². The van der Waals surface area contributed by atoms with Crippen LogP contribution in [0.5, 0.6) is 0 Å². The quantitative estimate of drug-likeness (QED) is 0.879. The molecule has 0 radical (unpaired) electrons. The normalized spacial score (nSPS) is 12.3. The van der Waals surface area contributed by atoms with E-state index in [9.17, 15) is 0 Å². The maximum Gasteiger partial charge on any atom is 0.114 e. The monoisotopic (exact) mass is 267 g/mol. The number of hydrogen-bond acceptors (Lipinski definition) is 2. The van der Waals surface area contributed by atoms with Gasteiger partial charge in [0.2, 0.25) is 0 Å². The van der Waals surface area contributed by atoms with Crippen molar-refractivity contribution >= 4 is 27.0 Å². The van der Waals surface area contributed by atoms with Crippen LogP contribution in [-0.4, -0.2) is 16.5 Å². The molecule has 0 saturated carbocycles. The van der Waals surface area contributed by atoms with Crippen LogP contribution >= 0.6 is 15.9 Å². The Labute approximate surface area is 97.2 Å². The third kappa shape index (κ3) is 1.92. The second-order valence-electron chi connectivity index (χ2n) is 4.33. The first-order chi connectivity index (χ1) is 7.03. The Bertz CT molecular complexity index is 488. The van der Waals surface area contributed by atoms with E-state index in [2.05, 4.69) is 39.7 Å². The lowest BCUT2D eigenvalue weighted by Crippen LogP contribution is -2.29. The zero-order chi connectivity index (χ0) is 11.1. The Morgan fingerprint density at radius 3 is 2.87 bits per heavy atom. The number of nitrogens with one attached hydrogen (secondary N) is 1. The second kappa shape index (κ2) is 3.61. The summed E-state index contributed by atoms with van der Waals surface area (Å²) >= 11 is 3.44. The van der Waals surface area contributed by atoms with Crippen molar-refractivity contribution < 1.29 is 0 Å². The van der Waals surface area contributed by atoms with Crippen molar-refractivity contribution in [3.63, 3.8) is 0 Å². The molecule has 4 heteroatoms. The maximum atomic E-state index is 5.72. The predicted molar refractivity (Wildman–Crippen MR) is 65.9 cm³/mol. The van der Waals surface area contributed by atoms with Crippen molar-refractivity contribution in [2.75, 3.05) is 6.54 Å². The highest BCUT2D eigenvalue weighted by Gasteiger charge is 2.22. The Hall–Kier alpha value is -0.870. The van der Waals surface area contributed by atoms with Crippen LogP contribution in [0.25, 0.3) is 11.0 Å². The van der Waals surface area contributed by atoms with Gasteiger partial charge >= 0.3 is 0 Å². The average molecular weight is 268 g/mol. The van der Waals surface area contributed by atoms with Gasteiger partial charge < -0.3 is 10.7 Å². The van der Waals surface area contributed by atoms with E-state index in [1.165, 1.54) is 0 Å². The molecule has 1 aromatic carbocycles. The highest BCUT2D eigenvalue weighted by atomic mass is 79.9. The van der Waals surface area contributed by atoms with Gasteiger partial charge in [-0.15, -0.1) is 0 Å². The molecular weight excluding hydrogens is 254 g/mol. The van der Waals surface area contributed by atoms with Crippen LogP contribution < -0.4 is 5.73 Å². The number of fused-ring (bicyclic) bond motifs is 1. The summed E-state index contributed by atoms with van der Waals surface area (Å²) in [6.45, 7) is 4.74. The Kier molecular flexibility index (Phi) is 2.56. The van der Waals surface area contributed by atoms with Gasteiger partial charge in [-0.25, -0.2) is 4.98 Å². The van der Waals surface area contributed by atoms with E-state index in [4.69, 9.17) is 5.73 Å². The van der Waals surface area contributed by atoms with Crippen molar-refractivity contribution in [2.24, 2.45) is 5.73 Å². The minimum atomic E-state index is -0.106. The van der Waals surface area contributed by atoms with Crippen LogP contribution in [0.4, 0.5) is 0 Å². The van der Waals surface area contributed by atoms with E-state index >= 15 is 0 Å². The lowest BCUT2D eigenvalue weighted by Gasteiger charge is -2.18. The van der Waals surface area contributed by atoms with Crippen LogP contribution in [-0.2, 0) is 5.41 Å². The van der Waals surface area contributed by atoms with Gasteiger partial charge in [-0.05, 0) is 18.2 Å². The molecule has 2 rings (SSSR count). The van der Waals surface area contributed by atoms with E-state index in [0.29, 0.717) is 6.54 Å². The molecule has 0 aliphatic heterocycles. The number of H-pyrrole nitrogens is 1. The van der Waals surface area contributed by atoms with E-state index in [1.807, 2.05) is 18.2 Å². The van der Waals surface area contributed by atoms with Gasteiger partial charge in [-0.3, -0.25) is 0 Å². The smallest absolute Gasteiger partial charge is 0.114 e. The van der Waals surface area contributed by atoms with Crippen LogP contribution in [0.2, 0.25) is 0 Å². The van der Waals surface area contributed by atoms with Gasteiger partial charge in [0.1, 0.15) is 5.82 Å². The summed E-state index contributed by atoms with van der Waals surface area (Å²) in [5.74, 6) is 0.943. The third-order valence-corrected chi connectivity index (χ3v) is 3.09. The fraction of sp³-hybridized carbons (Fsp3) is 0.364. The molecule has 1 aromatic heterocycles. The number of hydrogen-bond donors (Lipinski definition) is 2. The number of halogens is 1. The van der Waals surface area contributed by atoms with Crippen molar-refractivity contribution in [3.05, 3.63) is 28.5 Å². The van der Waals surface area contributed by atoms with Gasteiger partial charge in [0.05, 0.1) is 11.0 Å². The molecule has 0 aliphatic rings. The maximum absolute atomic E-state index is 5.72. The summed E-state index contributed by atoms with van der Waals surface area (Å²) in [6, 6.07) is 6.01. The Morgan fingerprint density at radius 2 is 2.20 bits per heavy atom. The van der Waals surface area contributed by atoms with Gasteiger partial charge in [-0.1, -0.05) is 29.8 Å². The fourth-order valence-electron chi connectivity index (χ4n) is 1.40. The molecule has 2 aromatic rings. The van der Waals surface area contributed by atoms with Crippen LogP contribution in [0.15, 0.2) is 22.7 Å². The topological polar surface area (TPSA) is 54.7 Å². The molecule has 3 nitrogen and oxygen atoms in total. The Morgan fingerprint density at radius 1 is 1.47 bits per heavy atom. The lowest BCUT2D eigenvalue weighted by molar-refractivity contribution is 0.509. The molecule has 0 bridgehead atoms. The number of aromatic amines is 1. The molecule has 1 heterocycles. The number of nitrogens with zero attached hydrogens (tertiary/aromatic N) is 1. The minimum Gasteiger partial charge on any atom is -0.341 e. The zero-order valence-corrected chi connectivity index (χ0v) is 10.4. The summed E-state index contributed by atoms with van der Waals surface area (Å²) in [7, 11) is 0. The number of imidazole rings is 1. The number of aromatic nitrogens is 2. The molecule has 0 aliphatic carbocycles. The number of nitrogens with two attached hydrogens (primary N) is 1. The highest BCUT2D eigenvalue weighted by molar-refractivity contribution is 9.10. The van der Waals surface area contributed by atoms with Crippen LogP contribution in [0.3, 0.4) is 0 Å². The molecule has 0 fully saturated rings. The molecule has 0 atom stereocenters. The third-order valence-electron chi connectivity index (χ3n) is 2.60. The highest BCUT2D eigenvalue weighted by Crippen LogP contribution is 2.23. The molecule has 15 heavy (non-hydrogen) atoms. The first-order valence-electron chi connectivity index (χ1n) is 4.89. The van der Waals surface area contributed by atoms with Crippen LogP contribution in [0.1, 0.15) is 19.7 Å². The van der Waals surface area contributed by atoms with Gasteiger partial charge in [0.25, 0.3) is 0 Å². The van der Waals surface area contributed by atoms with E-state index < -0.39 is 0 Å². The molecule has 0 saturated heterocycles. The second-order valence-corrected chi connectivity index (χ2v) is 5.25. The van der Waals surface area contributed by atoms with E-state index in [-0.39, 0.29) is 5.41 Å². The molecule has 0 unspecified atom stereocenters. The van der Waals surface area contributed by atoms with Crippen molar-refractivity contribution in [1.82, 2.24) is 9.97 Å². The van der Waals surface area contributed by atoms with Gasteiger partial charge in [0.15, 0.2) is 0 Å². The predicted octanol–water partition coefficient (Wildman–Crippen LogP) is 2.56. The van der Waals surface area contributed by atoms with Gasteiger partial charge in [0, 0.05) is 16.4 Å². The molecule has 0 amide bonds. The van der Waals surface area contributed by atoms with Crippen molar-refractivity contribution in [3.8, 4) is 0 Å². The summed E-state index contributed by atoms with van der Waals surface area (Å²) < 4.78 is 1.05. The summed E-state index contributed by atoms with van der Waals surface area (Å²) in [6.07, 6.45) is 0. The fourth-order valence-corrected chi connectivity index (χ4v) is 1.76. The minimum absolute atomic E-state index is 0.106. The summed E-state index contributed by atoms with van der Waals surface area (Å²) in [5, 5.41) is 0. The zero-order valence-electron chi connectivity index (χ0n) is 8.84. The SMILES string of the molecule is CC(C)(CN)c1nc2ccc(Br)cc2[nH]1. The van der Waals surface area contributed by atoms with Crippen LogP contribution in [0, 0.1) is 0 Å². The number of benzene rings is 1. The van der Waals surface area contributed by atoms with E-state index in [1.54, 1.807) is 0 Å². The van der Waals surface area contributed by atoms with E-state index in [0.717, 1.165) is 21.3 Å². The first-order valence-corrected chi connectivity index (χ1v) is 5.68. The lowest BCUT2D eigenvalue weighted by atomic mass is 9.93. The summed E-state index contributed by atoms with van der Waals surface area (Å²) in [5.41, 5.74) is 7.64.